The van der Waals surface area contributed by atoms with Crippen LogP contribution in [0.25, 0.3) is 49.4 Å². The van der Waals surface area contributed by atoms with E-state index >= 15 is 0 Å². The van der Waals surface area contributed by atoms with Crippen LogP contribution in [0, 0.1) is 6.92 Å². The van der Waals surface area contributed by atoms with Gasteiger partial charge in [0.1, 0.15) is 11.2 Å². The maximum Gasteiger partial charge on any atom is 0.136 e. The minimum Gasteiger partial charge on any atom is -0.456 e. The van der Waals surface area contributed by atoms with Crippen LogP contribution in [0.15, 0.2) is 89.3 Å². The molecule has 6 rings (SSSR count). The molecule has 128 valence electrons. The van der Waals surface area contributed by atoms with Gasteiger partial charge in [-0.25, -0.2) is 0 Å². The Morgan fingerprint density at radius 2 is 1.41 bits per heavy atom. The molecule has 0 radical (unpaired) electrons. The molecule has 0 bridgehead atoms. The first-order chi connectivity index (χ1) is 13.3. The standard InChI is InChI=1S/C25H17NO/c1-16-7-6-8-17(13-16)26-22-11-4-2-9-18(22)20-15-25-21(14-23(20)26)19-10-3-5-12-24(19)27-25/h2-15H,1H3. The molecule has 0 aliphatic heterocycles. The van der Waals surface area contributed by atoms with Crippen molar-refractivity contribution in [3.05, 3.63) is 90.5 Å². The van der Waals surface area contributed by atoms with Crippen LogP contribution in [-0.2, 0) is 0 Å². The first-order valence-electron chi connectivity index (χ1n) is 9.21. The number of fused-ring (bicyclic) bond motifs is 6. The molecule has 2 heterocycles. The Kier molecular flexibility index (Phi) is 2.84. The zero-order valence-corrected chi connectivity index (χ0v) is 14.9. The molecule has 0 fully saturated rings. The topological polar surface area (TPSA) is 18.1 Å². The van der Waals surface area contributed by atoms with Crippen molar-refractivity contribution in [1.29, 1.82) is 0 Å². The van der Waals surface area contributed by atoms with Crippen molar-refractivity contribution >= 4 is 43.7 Å². The van der Waals surface area contributed by atoms with Crippen molar-refractivity contribution in [1.82, 2.24) is 4.57 Å². The van der Waals surface area contributed by atoms with E-state index in [4.69, 9.17) is 4.42 Å². The number of hydrogen-bond acceptors (Lipinski definition) is 1. The smallest absolute Gasteiger partial charge is 0.136 e. The Morgan fingerprint density at radius 1 is 0.593 bits per heavy atom. The molecule has 27 heavy (non-hydrogen) atoms. The van der Waals surface area contributed by atoms with Crippen LogP contribution in [0.4, 0.5) is 0 Å². The average Bonchev–Trinajstić information content (AvgIpc) is 3.21. The van der Waals surface area contributed by atoms with Gasteiger partial charge in [-0.1, -0.05) is 48.5 Å². The summed E-state index contributed by atoms with van der Waals surface area (Å²) >= 11 is 0. The number of para-hydroxylation sites is 2. The third-order valence-electron chi connectivity index (χ3n) is 5.43. The van der Waals surface area contributed by atoms with Gasteiger partial charge in [0.15, 0.2) is 0 Å². The molecule has 0 aliphatic carbocycles. The first-order valence-corrected chi connectivity index (χ1v) is 9.21. The molecule has 0 atom stereocenters. The Balaban J connectivity index is 1.84. The fraction of sp³-hybridized carbons (Fsp3) is 0.0400. The van der Waals surface area contributed by atoms with Gasteiger partial charge >= 0.3 is 0 Å². The Bertz CT molecular complexity index is 1480. The second-order valence-corrected chi connectivity index (χ2v) is 7.16. The van der Waals surface area contributed by atoms with Crippen molar-refractivity contribution in [3.8, 4) is 5.69 Å². The Labute approximate surface area is 156 Å². The largest absolute Gasteiger partial charge is 0.456 e. The van der Waals surface area contributed by atoms with Gasteiger partial charge in [-0.15, -0.1) is 0 Å². The fourth-order valence-corrected chi connectivity index (χ4v) is 4.23. The average molecular weight is 347 g/mol. The Hall–Kier alpha value is -3.52. The van der Waals surface area contributed by atoms with Gasteiger partial charge in [-0.05, 0) is 48.9 Å². The van der Waals surface area contributed by atoms with E-state index in [2.05, 4.69) is 84.3 Å². The molecular formula is C25H17NO. The van der Waals surface area contributed by atoms with Crippen LogP contribution in [-0.4, -0.2) is 4.57 Å². The summed E-state index contributed by atoms with van der Waals surface area (Å²) in [5.74, 6) is 0. The van der Waals surface area contributed by atoms with Crippen LogP contribution in [0.2, 0.25) is 0 Å². The normalized spacial score (nSPS) is 11.9. The maximum absolute atomic E-state index is 6.13. The molecule has 2 heteroatoms. The summed E-state index contributed by atoms with van der Waals surface area (Å²) in [4.78, 5) is 0. The lowest BCUT2D eigenvalue weighted by Crippen LogP contribution is -1.93. The second-order valence-electron chi connectivity index (χ2n) is 7.16. The minimum absolute atomic E-state index is 0.937. The molecule has 0 saturated heterocycles. The number of aryl methyl sites for hydroxylation is 1. The van der Waals surface area contributed by atoms with Gasteiger partial charge < -0.3 is 8.98 Å². The van der Waals surface area contributed by atoms with Crippen molar-refractivity contribution in [2.24, 2.45) is 0 Å². The highest BCUT2D eigenvalue weighted by Crippen LogP contribution is 2.38. The van der Waals surface area contributed by atoms with Gasteiger partial charge in [-0.2, -0.15) is 0 Å². The molecule has 2 nitrogen and oxygen atoms in total. The van der Waals surface area contributed by atoms with Crippen molar-refractivity contribution in [2.75, 3.05) is 0 Å². The molecule has 0 aliphatic rings. The number of aromatic nitrogens is 1. The SMILES string of the molecule is Cc1cccc(-n2c3ccccc3c3cc4oc5ccccc5c4cc32)c1. The van der Waals surface area contributed by atoms with Gasteiger partial charge in [0.05, 0.1) is 11.0 Å². The summed E-state index contributed by atoms with van der Waals surface area (Å²) in [6.07, 6.45) is 0. The van der Waals surface area contributed by atoms with E-state index in [-0.39, 0.29) is 0 Å². The molecule has 6 aromatic rings. The van der Waals surface area contributed by atoms with E-state index in [1.165, 1.54) is 33.1 Å². The zero-order valence-electron chi connectivity index (χ0n) is 14.9. The summed E-state index contributed by atoms with van der Waals surface area (Å²) < 4.78 is 8.49. The van der Waals surface area contributed by atoms with E-state index in [1.807, 2.05) is 12.1 Å². The van der Waals surface area contributed by atoms with E-state index in [9.17, 15) is 0 Å². The van der Waals surface area contributed by atoms with Crippen molar-refractivity contribution < 1.29 is 4.42 Å². The van der Waals surface area contributed by atoms with Crippen LogP contribution >= 0.6 is 0 Å². The molecule has 0 spiro atoms. The van der Waals surface area contributed by atoms with Gasteiger partial charge in [0.25, 0.3) is 0 Å². The summed E-state index contributed by atoms with van der Waals surface area (Å²) in [6, 6.07) is 30.0. The monoisotopic (exact) mass is 347 g/mol. The highest BCUT2D eigenvalue weighted by molar-refractivity contribution is 6.17. The maximum atomic E-state index is 6.13. The third-order valence-corrected chi connectivity index (χ3v) is 5.43. The fourth-order valence-electron chi connectivity index (χ4n) is 4.23. The molecule has 0 unspecified atom stereocenters. The molecule has 0 saturated carbocycles. The lowest BCUT2D eigenvalue weighted by Gasteiger charge is -2.08. The van der Waals surface area contributed by atoms with Crippen molar-refractivity contribution in [2.45, 2.75) is 6.92 Å². The molecule has 2 aromatic heterocycles. The van der Waals surface area contributed by atoms with E-state index in [0.717, 1.165) is 21.9 Å². The van der Waals surface area contributed by atoms with Crippen LogP contribution in [0.1, 0.15) is 5.56 Å². The van der Waals surface area contributed by atoms with E-state index in [0.29, 0.717) is 0 Å². The predicted molar refractivity (Wildman–Crippen MR) is 113 cm³/mol. The quantitative estimate of drug-likeness (QED) is 0.313. The lowest BCUT2D eigenvalue weighted by molar-refractivity contribution is 0.669. The van der Waals surface area contributed by atoms with E-state index < -0.39 is 0 Å². The van der Waals surface area contributed by atoms with Gasteiger partial charge in [0, 0.05) is 27.2 Å². The Morgan fingerprint density at radius 3 is 2.30 bits per heavy atom. The minimum atomic E-state index is 0.937. The summed E-state index contributed by atoms with van der Waals surface area (Å²) in [7, 11) is 0. The molecule has 0 N–H and O–H groups in total. The number of rotatable bonds is 1. The highest BCUT2D eigenvalue weighted by Gasteiger charge is 2.15. The number of furan rings is 1. The lowest BCUT2D eigenvalue weighted by atomic mass is 10.1. The highest BCUT2D eigenvalue weighted by atomic mass is 16.3. The molecule has 0 amide bonds. The van der Waals surface area contributed by atoms with Crippen LogP contribution < -0.4 is 0 Å². The summed E-state index contributed by atoms with van der Waals surface area (Å²) in [5.41, 5.74) is 6.75. The van der Waals surface area contributed by atoms with Crippen molar-refractivity contribution in [3.63, 3.8) is 0 Å². The van der Waals surface area contributed by atoms with Crippen LogP contribution in [0.5, 0.6) is 0 Å². The summed E-state index contributed by atoms with van der Waals surface area (Å²) in [5, 5.41) is 4.79. The van der Waals surface area contributed by atoms with Gasteiger partial charge in [-0.3, -0.25) is 0 Å². The van der Waals surface area contributed by atoms with Gasteiger partial charge in [0.2, 0.25) is 0 Å². The molecular weight excluding hydrogens is 330 g/mol. The zero-order chi connectivity index (χ0) is 18.0. The summed E-state index contributed by atoms with van der Waals surface area (Å²) in [6.45, 7) is 2.14. The second kappa shape index (κ2) is 5.24. The third kappa shape index (κ3) is 2.01. The number of benzene rings is 4. The van der Waals surface area contributed by atoms with E-state index in [1.54, 1.807) is 0 Å². The number of nitrogens with zero attached hydrogens (tertiary/aromatic N) is 1. The molecule has 4 aromatic carbocycles. The van der Waals surface area contributed by atoms with Crippen LogP contribution in [0.3, 0.4) is 0 Å². The predicted octanol–water partition coefficient (Wildman–Crippen LogP) is 6.99. The number of hydrogen-bond donors (Lipinski definition) is 0. The first kappa shape index (κ1) is 14.6.